The summed E-state index contributed by atoms with van der Waals surface area (Å²) in [6, 6.07) is 11.4. The van der Waals surface area contributed by atoms with Crippen molar-refractivity contribution in [1.82, 2.24) is 4.90 Å². The highest BCUT2D eigenvalue weighted by molar-refractivity contribution is 7.94. The first kappa shape index (κ1) is 36.3. The van der Waals surface area contributed by atoms with E-state index in [4.69, 9.17) is 21.1 Å². The molecular formula is C38H46ClF2N3O6S. The highest BCUT2D eigenvalue weighted by atomic mass is 35.5. The van der Waals surface area contributed by atoms with Crippen molar-refractivity contribution in [3.63, 3.8) is 0 Å². The summed E-state index contributed by atoms with van der Waals surface area (Å²) in [6.07, 6.45) is 8.86. The lowest BCUT2D eigenvalue weighted by atomic mass is 9.68. The Hall–Kier alpha value is -3.06. The quantitative estimate of drug-likeness (QED) is 0.322. The van der Waals surface area contributed by atoms with Gasteiger partial charge in [-0.25, -0.2) is 4.21 Å². The summed E-state index contributed by atoms with van der Waals surface area (Å²) in [5.41, 5.74) is 3.27. The fourth-order valence-corrected chi connectivity index (χ4v) is 11.1. The van der Waals surface area contributed by atoms with Gasteiger partial charge >= 0.3 is 6.61 Å². The van der Waals surface area contributed by atoms with Crippen molar-refractivity contribution >= 4 is 38.8 Å². The Balaban J connectivity index is 1.25. The number of ether oxygens (including phenoxy) is 3. The third-order valence-electron chi connectivity index (χ3n) is 11.4. The first-order valence-corrected chi connectivity index (χ1v) is 20.2. The molecule has 13 heteroatoms. The number of likely N-dealkylation sites (tertiary alicyclic amines) is 1. The molecule has 51 heavy (non-hydrogen) atoms. The molecule has 9 nitrogen and oxygen atoms in total. The fraction of sp³-hybridized carbons (Fsp3) is 0.579. The van der Waals surface area contributed by atoms with E-state index in [2.05, 4.69) is 32.2 Å². The van der Waals surface area contributed by atoms with Gasteiger partial charge in [0, 0.05) is 55.0 Å². The molecule has 7 rings (SSSR count). The van der Waals surface area contributed by atoms with Gasteiger partial charge in [0.15, 0.2) is 0 Å². The number of anilines is 1. The normalized spacial score (nSPS) is 31.8. The number of halogens is 3. The second-order valence-corrected chi connectivity index (χ2v) is 17.8. The molecule has 1 saturated heterocycles. The van der Waals surface area contributed by atoms with Gasteiger partial charge in [0.2, 0.25) is 5.91 Å². The maximum absolute atomic E-state index is 14.5. The molecule has 3 aliphatic heterocycles. The number of benzene rings is 2. The molecule has 1 spiro atoms. The second-order valence-electron chi connectivity index (χ2n) is 15.1. The maximum Gasteiger partial charge on any atom is 0.345 e. The number of aryl methyl sites for hydroxylation is 1. The van der Waals surface area contributed by atoms with E-state index in [-0.39, 0.29) is 41.8 Å². The van der Waals surface area contributed by atoms with Crippen LogP contribution in [0.25, 0.3) is 0 Å². The van der Waals surface area contributed by atoms with Crippen molar-refractivity contribution in [1.29, 1.82) is 0 Å². The molecular weight excluding hydrogens is 700 g/mol. The lowest BCUT2D eigenvalue weighted by Gasteiger charge is -2.46. The van der Waals surface area contributed by atoms with Crippen LogP contribution in [-0.2, 0) is 35.8 Å². The van der Waals surface area contributed by atoms with Crippen molar-refractivity contribution in [2.75, 3.05) is 56.3 Å². The summed E-state index contributed by atoms with van der Waals surface area (Å²) < 4.78 is 61.2. The zero-order chi connectivity index (χ0) is 35.9. The van der Waals surface area contributed by atoms with Gasteiger partial charge in [-0.1, -0.05) is 36.7 Å². The number of nitrogens with zero attached hydrogens (tertiary/aromatic N) is 3. The topological polar surface area (TPSA) is 97.7 Å². The number of fused-ring (bicyclic) bond motifs is 4. The molecule has 2 fully saturated rings. The minimum atomic E-state index is -3.38. The minimum Gasteiger partial charge on any atom is -0.490 e. The number of allylic oxidation sites excluding steroid dienone is 1. The molecule has 3 heterocycles. The van der Waals surface area contributed by atoms with Crippen LogP contribution < -0.4 is 9.64 Å². The Bertz CT molecular complexity index is 1810. The molecule has 0 unspecified atom stereocenters. The van der Waals surface area contributed by atoms with E-state index < -0.39 is 40.0 Å². The van der Waals surface area contributed by atoms with Crippen molar-refractivity contribution in [2.45, 2.75) is 69.7 Å². The molecule has 2 aliphatic carbocycles. The number of alkyl halides is 2. The highest BCUT2D eigenvalue weighted by Crippen LogP contribution is 2.47. The van der Waals surface area contributed by atoms with Crippen molar-refractivity contribution in [3.05, 3.63) is 70.3 Å². The van der Waals surface area contributed by atoms with Gasteiger partial charge in [-0.05, 0) is 97.7 Å². The zero-order valence-electron chi connectivity index (χ0n) is 29.1. The largest absolute Gasteiger partial charge is 0.490 e. The molecule has 2 amide bonds. The van der Waals surface area contributed by atoms with Gasteiger partial charge in [0.05, 0.1) is 34.2 Å². The molecule has 1 saturated carbocycles. The number of hydrogen-bond donors (Lipinski definition) is 0. The summed E-state index contributed by atoms with van der Waals surface area (Å²) in [6.45, 7) is 0.865. The molecule has 2 aromatic carbocycles. The summed E-state index contributed by atoms with van der Waals surface area (Å²) >= 11 is 6.44. The average Bonchev–Trinajstić information content (AvgIpc) is 3.19. The van der Waals surface area contributed by atoms with Crippen LogP contribution in [0.4, 0.5) is 14.5 Å². The molecule has 6 atom stereocenters. The number of carbonyl (C=O) groups is 2. The molecule has 276 valence electrons. The number of amides is 2. The molecule has 0 N–H and O–H groups in total. The molecule has 0 radical (unpaired) electrons. The Morgan fingerprint density at radius 3 is 2.75 bits per heavy atom. The first-order chi connectivity index (χ1) is 24.4. The van der Waals surface area contributed by atoms with E-state index >= 15 is 0 Å². The Kier molecular flexibility index (Phi) is 10.5. The van der Waals surface area contributed by atoms with Crippen LogP contribution in [0.5, 0.6) is 5.75 Å². The van der Waals surface area contributed by atoms with E-state index in [1.165, 1.54) is 16.0 Å². The van der Waals surface area contributed by atoms with E-state index in [0.717, 1.165) is 49.4 Å². The third-order valence-corrected chi connectivity index (χ3v) is 13.9. The average molecular weight is 746 g/mol. The Morgan fingerprint density at radius 2 is 2.00 bits per heavy atom. The smallest absolute Gasteiger partial charge is 0.345 e. The van der Waals surface area contributed by atoms with Crippen LogP contribution in [-0.4, -0.2) is 91.1 Å². The van der Waals surface area contributed by atoms with Gasteiger partial charge in [0.25, 0.3) is 5.91 Å². The Morgan fingerprint density at radius 1 is 1.18 bits per heavy atom. The van der Waals surface area contributed by atoms with Gasteiger partial charge < -0.3 is 24.0 Å². The third kappa shape index (κ3) is 7.70. The maximum atomic E-state index is 14.5. The number of rotatable bonds is 5. The lowest BCUT2D eigenvalue weighted by Crippen LogP contribution is -2.56. The molecule has 2 aromatic rings. The van der Waals surface area contributed by atoms with E-state index in [1.54, 1.807) is 25.3 Å². The first-order valence-electron chi connectivity index (χ1n) is 17.9. The van der Waals surface area contributed by atoms with Crippen LogP contribution in [0, 0.1) is 17.8 Å². The van der Waals surface area contributed by atoms with E-state index in [0.29, 0.717) is 37.2 Å². The molecule has 0 aromatic heterocycles. The predicted molar refractivity (Wildman–Crippen MR) is 192 cm³/mol. The monoisotopic (exact) mass is 745 g/mol. The van der Waals surface area contributed by atoms with Crippen LogP contribution in [0.1, 0.15) is 60.5 Å². The lowest BCUT2D eigenvalue weighted by molar-refractivity contribution is -0.198. The van der Waals surface area contributed by atoms with Crippen LogP contribution in [0.2, 0.25) is 5.02 Å². The number of hydrogen-bond acceptors (Lipinski definition) is 7. The van der Waals surface area contributed by atoms with Gasteiger partial charge in [-0.2, -0.15) is 13.1 Å². The highest BCUT2D eigenvalue weighted by Gasteiger charge is 2.44. The fourth-order valence-electron chi connectivity index (χ4n) is 8.63. The van der Waals surface area contributed by atoms with Gasteiger partial charge in [0.1, 0.15) is 11.5 Å². The number of methoxy groups -OCH3 is 1. The van der Waals surface area contributed by atoms with Crippen LogP contribution >= 0.6 is 11.6 Å². The van der Waals surface area contributed by atoms with Gasteiger partial charge in [-0.3, -0.25) is 9.59 Å². The predicted octanol–water partition coefficient (Wildman–Crippen LogP) is 6.51. The molecule has 2 bridgehead atoms. The standard InChI is InChI=1S/C38H46ClF2N3O6S/c1-24-5-3-7-33(48-2)30-11-8-27(30)17-44-22-38(14-4-6-25-15-28(39)10-12-31(25)38)23-49-34-13-9-26(16-32(34)44)36(46)42-51(47,20-24)21-35(45)43-18-29(19-43)50-37(40)41/h3,7,9-10,12-13,15-16,24,27,29-30,33,37H,4-6,8,11,14,17-23H2,1-2H3/b7-3+/t24-,27-,30+,33-,38-,51+/m0/s1. The van der Waals surface area contributed by atoms with E-state index in [9.17, 15) is 22.6 Å². The summed E-state index contributed by atoms with van der Waals surface area (Å²) in [5.74, 6) is -0.432. The van der Waals surface area contributed by atoms with Crippen LogP contribution in [0.15, 0.2) is 52.9 Å². The Labute approximate surface area is 303 Å². The van der Waals surface area contributed by atoms with Crippen molar-refractivity contribution < 1.29 is 36.8 Å². The summed E-state index contributed by atoms with van der Waals surface area (Å²) in [7, 11) is -1.64. The number of carbonyl (C=O) groups excluding carboxylic acids is 2. The van der Waals surface area contributed by atoms with Crippen molar-refractivity contribution in [3.8, 4) is 5.75 Å². The van der Waals surface area contributed by atoms with Crippen LogP contribution in [0.3, 0.4) is 0 Å². The SMILES string of the molecule is CO[C@H]1/C=C/C[C@H](C)C[S@@](=O)(CC(=O)N2CC(OC(F)F)C2)=NC(=O)c2ccc3c(c2)N(C[C@@H]2CC[C@H]21)C[C@@]1(CCCc2cc(Cl)ccc21)CO3. The van der Waals surface area contributed by atoms with Crippen molar-refractivity contribution in [2.24, 2.45) is 22.1 Å². The second kappa shape index (κ2) is 14.8. The van der Waals surface area contributed by atoms with E-state index in [1.807, 2.05) is 19.1 Å². The van der Waals surface area contributed by atoms with Gasteiger partial charge in [-0.15, -0.1) is 0 Å². The zero-order valence-corrected chi connectivity index (χ0v) is 30.7. The summed E-state index contributed by atoms with van der Waals surface area (Å²) in [5, 5.41) is 0.721. The molecule has 5 aliphatic rings. The minimum absolute atomic E-state index is 0.0227. The summed E-state index contributed by atoms with van der Waals surface area (Å²) in [4.78, 5) is 30.9.